The number of aromatic nitrogens is 2. The van der Waals surface area contributed by atoms with E-state index in [9.17, 15) is 14.0 Å². The van der Waals surface area contributed by atoms with Crippen LogP contribution < -0.4 is 4.90 Å². The highest BCUT2D eigenvalue weighted by molar-refractivity contribution is 6.31. The monoisotopic (exact) mass is 375 g/mol. The molecular formula is C18H15ClFN3O3. The average Bonchev–Trinajstić information content (AvgIpc) is 3.35. The molecule has 0 saturated carbocycles. The van der Waals surface area contributed by atoms with Gasteiger partial charge in [0.25, 0.3) is 0 Å². The number of ether oxygens (including phenoxy) is 1. The SMILES string of the molecule is O=C1C2C3CCC(O3)C2C(=O)N1c1ccn(Cc2ccc(F)cc2Cl)n1. The van der Waals surface area contributed by atoms with Gasteiger partial charge in [-0.25, -0.2) is 9.29 Å². The summed E-state index contributed by atoms with van der Waals surface area (Å²) in [4.78, 5) is 26.7. The first-order chi connectivity index (χ1) is 12.5. The quantitative estimate of drug-likeness (QED) is 0.773. The molecule has 4 unspecified atom stereocenters. The zero-order chi connectivity index (χ0) is 18.0. The van der Waals surface area contributed by atoms with E-state index in [4.69, 9.17) is 16.3 Å². The molecule has 5 rings (SSSR count). The molecule has 2 aromatic rings. The van der Waals surface area contributed by atoms with Gasteiger partial charge in [-0.15, -0.1) is 0 Å². The first-order valence-electron chi connectivity index (χ1n) is 8.53. The van der Waals surface area contributed by atoms with E-state index in [2.05, 4.69) is 5.10 Å². The molecular weight excluding hydrogens is 361 g/mol. The molecule has 26 heavy (non-hydrogen) atoms. The third-order valence-corrected chi connectivity index (χ3v) is 5.84. The lowest BCUT2D eigenvalue weighted by atomic mass is 9.81. The number of carbonyl (C=O) groups is 2. The summed E-state index contributed by atoms with van der Waals surface area (Å²) < 4.78 is 20.5. The van der Waals surface area contributed by atoms with Crippen LogP contribution in [0.15, 0.2) is 30.5 Å². The Hall–Kier alpha value is -2.25. The van der Waals surface area contributed by atoms with Crippen LogP contribution in [0.5, 0.6) is 0 Å². The van der Waals surface area contributed by atoms with E-state index in [0.717, 1.165) is 12.8 Å². The number of benzene rings is 1. The van der Waals surface area contributed by atoms with Crippen LogP contribution in [-0.4, -0.2) is 33.8 Å². The van der Waals surface area contributed by atoms with Crippen molar-refractivity contribution < 1.29 is 18.7 Å². The molecule has 1 aromatic carbocycles. The van der Waals surface area contributed by atoms with E-state index < -0.39 is 5.82 Å². The number of fused-ring (bicyclic) bond motifs is 5. The molecule has 4 atom stereocenters. The number of rotatable bonds is 3. The fraction of sp³-hybridized carbons (Fsp3) is 0.389. The number of hydrogen-bond acceptors (Lipinski definition) is 4. The van der Waals surface area contributed by atoms with Gasteiger partial charge in [-0.1, -0.05) is 17.7 Å². The Labute approximate surface area is 153 Å². The lowest BCUT2D eigenvalue weighted by Crippen LogP contribution is -2.34. The first-order valence-corrected chi connectivity index (χ1v) is 8.91. The van der Waals surface area contributed by atoms with E-state index in [-0.39, 0.29) is 35.9 Å². The Morgan fingerprint density at radius 3 is 2.50 bits per heavy atom. The predicted octanol–water partition coefficient (Wildman–Crippen LogP) is 2.39. The van der Waals surface area contributed by atoms with Gasteiger partial charge in [0, 0.05) is 17.3 Å². The molecule has 8 heteroatoms. The number of halogens is 2. The second-order valence-corrected chi connectivity index (χ2v) is 7.37. The smallest absolute Gasteiger partial charge is 0.241 e. The van der Waals surface area contributed by atoms with Crippen LogP contribution >= 0.6 is 11.6 Å². The summed E-state index contributed by atoms with van der Waals surface area (Å²) >= 11 is 6.05. The molecule has 3 fully saturated rings. The summed E-state index contributed by atoms with van der Waals surface area (Å²) in [6.45, 7) is 0.316. The van der Waals surface area contributed by atoms with Gasteiger partial charge in [-0.05, 0) is 30.5 Å². The molecule has 2 amide bonds. The Balaban J connectivity index is 1.40. The third-order valence-electron chi connectivity index (χ3n) is 5.49. The average molecular weight is 376 g/mol. The van der Waals surface area contributed by atoms with Crippen molar-refractivity contribution in [3.63, 3.8) is 0 Å². The van der Waals surface area contributed by atoms with E-state index in [0.29, 0.717) is 22.9 Å². The van der Waals surface area contributed by atoms with Crippen LogP contribution in [0.1, 0.15) is 18.4 Å². The van der Waals surface area contributed by atoms with Gasteiger partial charge in [0.15, 0.2) is 5.82 Å². The molecule has 0 aliphatic carbocycles. The Morgan fingerprint density at radius 2 is 1.85 bits per heavy atom. The maximum absolute atomic E-state index is 13.2. The molecule has 4 heterocycles. The Kier molecular flexibility index (Phi) is 3.45. The Morgan fingerprint density at radius 1 is 1.15 bits per heavy atom. The number of amides is 2. The lowest BCUT2D eigenvalue weighted by Gasteiger charge is -2.15. The number of hydrogen-bond donors (Lipinski definition) is 0. The number of imide groups is 1. The van der Waals surface area contributed by atoms with Crippen molar-refractivity contribution in [3.05, 3.63) is 46.9 Å². The zero-order valence-electron chi connectivity index (χ0n) is 13.6. The molecule has 134 valence electrons. The van der Waals surface area contributed by atoms with Gasteiger partial charge >= 0.3 is 0 Å². The number of carbonyl (C=O) groups excluding carboxylic acids is 2. The molecule has 0 spiro atoms. The van der Waals surface area contributed by atoms with Crippen LogP contribution in [0.3, 0.4) is 0 Å². The highest BCUT2D eigenvalue weighted by atomic mass is 35.5. The van der Waals surface area contributed by atoms with Crippen LogP contribution in [0, 0.1) is 17.7 Å². The molecule has 1 aromatic heterocycles. The second-order valence-electron chi connectivity index (χ2n) is 6.96. The van der Waals surface area contributed by atoms with Crippen LogP contribution in [-0.2, 0) is 20.9 Å². The molecule has 3 saturated heterocycles. The van der Waals surface area contributed by atoms with Gasteiger partial charge in [-0.3, -0.25) is 14.3 Å². The van der Waals surface area contributed by atoms with Crippen molar-refractivity contribution in [2.24, 2.45) is 11.8 Å². The standard InChI is InChI=1S/C18H15ClFN3O3/c19-11-7-10(20)2-1-9(11)8-22-6-5-14(21-22)23-17(24)15-12-3-4-13(26-12)16(15)18(23)25/h1-2,5-7,12-13,15-16H,3-4,8H2. The van der Waals surface area contributed by atoms with Crippen LogP contribution in [0.2, 0.25) is 5.02 Å². The van der Waals surface area contributed by atoms with E-state index in [1.54, 1.807) is 23.0 Å². The normalized spacial score (nSPS) is 29.7. The fourth-order valence-electron chi connectivity index (χ4n) is 4.32. The van der Waals surface area contributed by atoms with Crippen LogP contribution in [0.25, 0.3) is 0 Å². The first kappa shape index (κ1) is 16.0. The fourth-order valence-corrected chi connectivity index (χ4v) is 4.55. The van der Waals surface area contributed by atoms with Gasteiger partial charge in [0.05, 0.1) is 30.6 Å². The number of anilines is 1. The van der Waals surface area contributed by atoms with Crippen molar-refractivity contribution in [1.29, 1.82) is 0 Å². The molecule has 0 radical (unpaired) electrons. The maximum Gasteiger partial charge on any atom is 0.241 e. The van der Waals surface area contributed by atoms with E-state index in [1.165, 1.54) is 17.0 Å². The van der Waals surface area contributed by atoms with Gasteiger partial charge in [0.1, 0.15) is 5.82 Å². The molecule has 2 bridgehead atoms. The highest BCUT2D eigenvalue weighted by Gasteiger charge is 2.63. The largest absolute Gasteiger partial charge is 0.373 e. The summed E-state index contributed by atoms with van der Waals surface area (Å²) in [7, 11) is 0. The van der Waals surface area contributed by atoms with Crippen molar-refractivity contribution in [1.82, 2.24) is 9.78 Å². The molecule has 3 aliphatic heterocycles. The van der Waals surface area contributed by atoms with Gasteiger partial charge in [-0.2, -0.15) is 5.10 Å². The lowest BCUT2D eigenvalue weighted by molar-refractivity contribution is -0.124. The predicted molar refractivity (Wildman–Crippen MR) is 90.1 cm³/mol. The van der Waals surface area contributed by atoms with Crippen LogP contribution in [0.4, 0.5) is 10.2 Å². The Bertz CT molecular complexity index is 902. The van der Waals surface area contributed by atoms with Crippen molar-refractivity contribution in [2.75, 3.05) is 4.90 Å². The maximum atomic E-state index is 13.2. The minimum Gasteiger partial charge on any atom is -0.373 e. The topological polar surface area (TPSA) is 64.4 Å². The summed E-state index contributed by atoms with van der Waals surface area (Å²) in [5, 5.41) is 4.66. The highest BCUT2D eigenvalue weighted by Crippen LogP contribution is 2.49. The second kappa shape index (κ2) is 5.62. The summed E-state index contributed by atoms with van der Waals surface area (Å²) in [6.07, 6.45) is 3.04. The summed E-state index contributed by atoms with van der Waals surface area (Å²) in [6, 6.07) is 5.80. The number of nitrogens with zero attached hydrogens (tertiary/aromatic N) is 3. The molecule has 0 N–H and O–H groups in total. The van der Waals surface area contributed by atoms with Crippen molar-refractivity contribution >= 4 is 29.2 Å². The zero-order valence-corrected chi connectivity index (χ0v) is 14.4. The third kappa shape index (κ3) is 2.23. The van der Waals surface area contributed by atoms with E-state index in [1.807, 2.05) is 0 Å². The van der Waals surface area contributed by atoms with Crippen molar-refractivity contribution in [3.8, 4) is 0 Å². The summed E-state index contributed by atoms with van der Waals surface area (Å²) in [5.41, 5.74) is 0.699. The molecule has 3 aliphatic rings. The summed E-state index contributed by atoms with van der Waals surface area (Å²) in [5.74, 6) is -1.30. The minimum atomic E-state index is -0.406. The van der Waals surface area contributed by atoms with Gasteiger partial charge < -0.3 is 4.74 Å². The van der Waals surface area contributed by atoms with Gasteiger partial charge in [0.2, 0.25) is 11.8 Å². The van der Waals surface area contributed by atoms with E-state index >= 15 is 0 Å². The van der Waals surface area contributed by atoms with Crippen molar-refractivity contribution in [2.45, 2.75) is 31.6 Å². The minimum absolute atomic E-state index is 0.147. The molecule has 6 nitrogen and oxygen atoms in total.